The lowest BCUT2D eigenvalue weighted by Crippen LogP contribution is -2.05. The van der Waals surface area contributed by atoms with Crippen LogP contribution in [-0.4, -0.2) is 25.4 Å². The van der Waals surface area contributed by atoms with Gasteiger partial charge in [0.2, 0.25) is 0 Å². The molecule has 3 heterocycles. The molecule has 4 rings (SSSR count). The molecule has 4 aromatic rings. The summed E-state index contributed by atoms with van der Waals surface area (Å²) in [6.45, 7) is 2.67. The Morgan fingerprint density at radius 3 is 2.71 bits per heavy atom. The second-order valence-electron chi connectivity index (χ2n) is 6.76. The predicted octanol–water partition coefficient (Wildman–Crippen LogP) is 3.86. The molecule has 0 amide bonds. The number of hydrogen-bond acceptors (Lipinski definition) is 5. The summed E-state index contributed by atoms with van der Waals surface area (Å²) in [4.78, 5) is 21.4. The standard InChI is InChI=1S/C22H21N5O/c1-16-4-6-17(7-5-16)8-9-20(28)19-15-25-27-12-10-21(26-22(19)27)24-14-18-3-2-11-23-13-18/h2-7,10-13,15H,8-9,14H2,1H3,(H,24,26). The largest absolute Gasteiger partial charge is 0.366 e. The molecular formula is C22H21N5O. The Labute approximate surface area is 163 Å². The summed E-state index contributed by atoms with van der Waals surface area (Å²) >= 11 is 0. The number of pyridine rings is 1. The maximum atomic E-state index is 12.7. The van der Waals surface area contributed by atoms with Gasteiger partial charge in [-0.3, -0.25) is 9.78 Å². The van der Waals surface area contributed by atoms with E-state index < -0.39 is 0 Å². The molecule has 0 spiro atoms. The fraction of sp³-hybridized carbons (Fsp3) is 0.182. The van der Waals surface area contributed by atoms with Gasteiger partial charge in [0.15, 0.2) is 11.4 Å². The van der Waals surface area contributed by atoms with Gasteiger partial charge in [0.25, 0.3) is 0 Å². The summed E-state index contributed by atoms with van der Waals surface area (Å²) in [5, 5.41) is 7.53. The van der Waals surface area contributed by atoms with Crippen molar-refractivity contribution in [3.05, 3.63) is 89.5 Å². The second kappa shape index (κ2) is 8.00. The van der Waals surface area contributed by atoms with Crippen molar-refractivity contribution in [2.24, 2.45) is 0 Å². The summed E-state index contributed by atoms with van der Waals surface area (Å²) in [5.74, 6) is 0.747. The molecule has 1 N–H and O–H groups in total. The highest BCUT2D eigenvalue weighted by Crippen LogP contribution is 2.16. The molecule has 0 atom stereocenters. The third-order valence-corrected chi connectivity index (χ3v) is 4.63. The normalized spacial score (nSPS) is 10.9. The topological polar surface area (TPSA) is 72.2 Å². The zero-order chi connectivity index (χ0) is 19.3. The van der Waals surface area contributed by atoms with Crippen LogP contribution in [0.2, 0.25) is 0 Å². The van der Waals surface area contributed by atoms with Gasteiger partial charge in [-0.05, 0) is 36.6 Å². The van der Waals surface area contributed by atoms with Gasteiger partial charge in [-0.15, -0.1) is 0 Å². The van der Waals surface area contributed by atoms with Crippen LogP contribution in [0.5, 0.6) is 0 Å². The highest BCUT2D eigenvalue weighted by Gasteiger charge is 2.14. The number of hydrogen-bond donors (Lipinski definition) is 1. The lowest BCUT2D eigenvalue weighted by atomic mass is 10.0. The molecule has 0 unspecified atom stereocenters. The molecule has 0 radical (unpaired) electrons. The Morgan fingerprint density at radius 2 is 1.93 bits per heavy atom. The number of nitrogens with one attached hydrogen (secondary N) is 1. The molecule has 0 bridgehead atoms. The number of Topliss-reactive ketones (excluding diaryl/α,β-unsaturated/α-hetero) is 1. The first kappa shape index (κ1) is 17.9. The van der Waals surface area contributed by atoms with Crippen molar-refractivity contribution in [3.63, 3.8) is 0 Å². The minimum absolute atomic E-state index is 0.0486. The van der Waals surface area contributed by atoms with Crippen molar-refractivity contribution < 1.29 is 4.79 Å². The van der Waals surface area contributed by atoms with Crippen LogP contribution in [0, 0.1) is 6.92 Å². The number of fused-ring (bicyclic) bond motifs is 1. The molecule has 140 valence electrons. The smallest absolute Gasteiger partial charge is 0.168 e. The molecule has 6 heteroatoms. The van der Waals surface area contributed by atoms with Gasteiger partial charge < -0.3 is 5.32 Å². The number of benzene rings is 1. The van der Waals surface area contributed by atoms with E-state index in [1.165, 1.54) is 5.56 Å². The molecule has 0 saturated heterocycles. The van der Waals surface area contributed by atoms with Gasteiger partial charge >= 0.3 is 0 Å². The zero-order valence-electron chi connectivity index (χ0n) is 15.7. The lowest BCUT2D eigenvalue weighted by molar-refractivity contribution is 0.0984. The Hall–Kier alpha value is -3.54. The van der Waals surface area contributed by atoms with Crippen LogP contribution in [0.3, 0.4) is 0 Å². The Bertz CT molecular complexity index is 1090. The molecular weight excluding hydrogens is 350 g/mol. The highest BCUT2D eigenvalue weighted by atomic mass is 16.1. The first-order valence-electron chi connectivity index (χ1n) is 9.25. The van der Waals surface area contributed by atoms with Crippen LogP contribution in [0.1, 0.15) is 33.5 Å². The number of carbonyl (C=O) groups excluding carboxylic acids is 1. The van der Waals surface area contributed by atoms with Crippen molar-refractivity contribution in [2.45, 2.75) is 26.3 Å². The molecule has 0 aliphatic rings. The van der Waals surface area contributed by atoms with Crippen molar-refractivity contribution in [2.75, 3.05) is 5.32 Å². The predicted molar refractivity (Wildman–Crippen MR) is 108 cm³/mol. The van der Waals surface area contributed by atoms with Crippen molar-refractivity contribution in [1.82, 2.24) is 19.6 Å². The second-order valence-corrected chi connectivity index (χ2v) is 6.76. The van der Waals surface area contributed by atoms with Crippen LogP contribution in [0.25, 0.3) is 5.65 Å². The maximum Gasteiger partial charge on any atom is 0.168 e. The van der Waals surface area contributed by atoms with Crippen molar-refractivity contribution >= 4 is 17.2 Å². The van der Waals surface area contributed by atoms with Crippen LogP contribution >= 0.6 is 0 Å². The molecule has 6 nitrogen and oxygen atoms in total. The Morgan fingerprint density at radius 1 is 1.07 bits per heavy atom. The van der Waals surface area contributed by atoms with E-state index in [0.29, 0.717) is 36.4 Å². The number of anilines is 1. The number of ketones is 1. The van der Waals surface area contributed by atoms with Crippen molar-refractivity contribution in [3.8, 4) is 0 Å². The lowest BCUT2D eigenvalue weighted by Gasteiger charge is -2.06. The van der Waals surface area contributed by atoms with Gasteiger partial charge in [0.1, 0.15) is 5.82 Å². The number of aromatic nitrogens is 4. The van der Waals surface area contributed by atoms with Crippen LogP contribution in [0.4, 0.5) is 5.82 Å². The van der Waals surface area contributed by atoms with Gasteiger partial charge in [-0.2, -0.15) is 5.10 Å². The number of nitrogens with zero attached hydrogens (tertiary/aromatic N) is 4. The molecule has 1 aromatic carbocycles. The molecule has 3 aromatic heterocycles. The first-order chi connectivity index (χ1) is 13.7. The van der Waals surface area contributed by atoms with Gasteiger partial charge in [0, 0.05) is 31.6 Å². The van der Waals surface area contributed by atoms with E-state index in [9.17, 15) is 4.79 Å². The highest BCUT2D eigenvalue weighted by molar-refractivity contribution is 6.01. The third-order valence-electron chi connectivity index (χ3n) is 4.63. The van der Waals surface area contributed by atoms with E-state index in [2.05, 4.69) is 51.6 Å². The summed E-state index contributed by atoms with van der Waals surface area (Å²) < 4.78 is 1.63. The fourth-order valence-electron chi connectivity index (χ4n) is 3.01. The van der Waals surface area contributed by atoms with Gasteiger partial charge in [0.05, 0.1) is 11.8 Å². The van der Waals surface area contributed by atoms with Gasteiger partial charge in [-0.1, -0.05) is 35.9 Å². The minimum atomic E-state index is 0.0486. The molecule has 0 aliphatic carbocycles. The number of aryl methyl sites for hydroxylation is 2. The maximum absolute atomic E-state index is 12.7. The summed E-state index contributed by atoms with van der Waals surface area (Å²) in [5.41, 5.74) is 4.56. The van der Waals surface area contributed by atoms with E-state index in [-0.39, 0.29) is 5.78 Å². The fourth-order valence-corrected chi connectivity index (χ4v) is 3.01. The molecule has 0 saturated carbocycles. The van der Waals surface area contributed by atoms with E-state index >= 15 is 0 Å². The molecule has 0 fully saturated rings. The Kier molecular flexibility index (Phi) is 5.10. The SMILES string of the molecule is Cc1ccc(CCC(=O)c2cnn3ccc(NCc4cccnc4)nc23)cc1. The summed E-state index contributed by atoms with van der Waals surface area (Å²) in [6.07, 6.45) is 8.10. The monoisotopic (exact) mass is 371 g/mol. The average Bonchev–Trinajstić information content (AvgIpc) is 3.16. The quantitative estimate of drug-likeness (QED) is 0.500. The number of rotatable bonds is 7. The zero-order valence-corrected chi connectivity index (χ0v) is 15.7. The molecule has 0 aliphatic heterocycles. The van der Waals surface area contributed by atoms with Crippen LogP contribution in [-0.2, 0) is 13.0 Å². The average molecular weight is 371 g/mol. The van der Waals surface area contributed by atoms with Crippen molar-refractivity contribution in [1.29, 1.82) is 0 Å². The summed E-state index contributed by atoms with van der Waals surface area (Å²) in [7, 11) is 0. The van der Waals surface area contributed by atoms with E-state index in [4.69, 9.17) is 0 Å². The summed E-state index contributed by atoms with van der Waals surface area (Å²) in [6, 6.07) is 14.0. The molecule has 28 heavy (non-hydrogen) atoms. The number of carbonyl (C=O) groups is 1. The third kappa shape index (κ3) is 4.06. The van der Waals surface area contributed by atoms with E-state index in [0.717, 1.165) is 11.1 Å². The Balaban J connectivity index is 1.47. The van der Waals surface area contributed by atoms with E-state index in [1.807, 2.05) is 30.6 Å². The van der Waals surface area contributed by atoms with Gasteiger partial charge in [-0.25, -0.2) is 9.50 Å². The van der Waals surface area contributed by atoms with E-state index in [1.54, 1.807) is 16.9 Å². The minimum Gasteiger partial charge on any atom is -0.366 e. The first-order valence-corrected chi connectivity index (χ1v) is 9.25. The van der Waals surface area contributed by atoms with Crippen LogP contribution in [0.15, 0.2) is 67.3 Å². The van der Waals surface area contributed by atoms with Crippen LogP contribution < -0.4 is 5.32 Å².